The number of benzene rings is 1. The molecule has 0 bridgehead atoms. The van der Waals surface area contributed by atoms with Crippen LogP contribution < -0.4 is 10.2 Å². The summed E-state index contributed by atoms with van der Waals surface area (Å²) < 4.78 is 38.5. The Morgan fingerprint density at radius 3 is 2.50 bits per heavy atom. The molecule has 136 valence electrons. The molecule has 0 radical (unpaired) electrons. The Morgan fingerprint density at radius 1 is 1.12 bits per heavy atom. The van der Waals surface area contributed by atoms with Crippen molar-refractivity contribution in [2.24, 2.45) is 5.92 Å². The highest BCUT2D eigenvalue weighted by Gasteiger charge is 2.31. The number of piperazine rings is 1. The predicted molar refractivity (Wildman–Crippen MR) is 92.9 cm³/mol. The van der Waals surface area contributed by atoms with E-state index in [1.54, 1.807) is 6.07 Å². The number of anilines is 1. The van der Waals surface area contributed by atoms with E-state index in [2.05, 4.69) is 15.1 Å². The molecule has 1 unspecified atom stereocenters. The first-order valence-electron chi connectivity index (χ1n) is 8.37. The molecule has 1 aromatic carbocycles. The third-order valence-electron chi connectivity index (χ3n) is 4.83. The van der Waals surface area contributed by atoms with Crippen LogP contribution in [-0.2, 0) is 6.18 Å². The number of alkyl halides is 3. The van der Waals surface area contributed by atoms with E-state index >= 15 is 0 Å². The zero-order valence-electron chi connectivity index (χ0n) is 13.7. The number of halogens is 4. The highest BCUT2D eigenvalue weighted by Crippen LogP contribution is 2.31. The largest absolute Gasteiger partial charge is 0.416 e. The normalized spacial score (nSPS) is 23.0. The fraction of sp³-hybridized carbons (Fsp3) is 0.647. The van der Waals surface area contributed by atoms with Crippen molar-refractivity contribution in [3.63, 3.8) is 0 Å². The summed E-state index contributed by atoms with van der Waals surface area (Å²) in [5.41, 5.74) is 0.115. The zero-order chi connectivity index (χ0) is 16.3. The quantitative estimate of drug-likeness (QED) is 0.889. The van der Waals surface area contributed by atoms with Gasteiger partial charge >= 0.3 is 6.18 Å². The smallest absolute Gasteiger partial charge is 0.369 e. The summed E-state index contributed by atoms with van der Waals surface area (Å²) >= 11 is 0. The Bertz CT molecular complexity index is 510. The first-order valence-corrected chi connectivity index (χ1v) is 8.37. The van der Waals surface area contributed by atoms with Crippen molar-refractivity contribution in [1.29, 1.82) is 0 Å². The van der Waals surface area contributed by atoms with Crippen LogP contribution in [-0.4, -0.2) is 50.7 Å². The molecular formula is C17H25ClF3N3. The van der Waals surface area contributed by atoms with Crippen molar-refractivity contribution in [2.75, 3.05) is 50.7 Å². The van der Waals surface area contributed by atoms with Gasteiger partial charge in [0.25, 0.3) is 0 Å². The van der Waals surface area contributed by atoms with Crippen LogP contribution in [0.15, 0.2) is 24.3 Å². The number of nitrogens with one attached hydrogen (secondary N) is 1. The lowest BCUT2D eigenvalue weighted by atomic mass is 9.99. The fourth-order valence-electron chi connectivity index (χ4n) is 3.51. The SMILES string of the molecule is Cl.FC(F)(F)c1cccc(N2CCN(CC3CCCNC3)CC2)c1. The molecule has 2 aliphatic heterocycles. The van der Waals surface area contributed by atoms with Crippen LogP contribution in [0.1, 0.15) is 18.4 Å². The van der Waals surface area contributed by atoms with Gasteiger partial charge in [0.2, 0.25) is 0 Å². The Morgan fingerprint density at radius 2 is 1.88 bits per heavy atom. The highest BCUT2D eigenvalue weighted by atomic mass is 35.5. The lowest BCUT2D eigenvalue weighted by Crippen LogP contribution is -2.49. The van der Waals surface area contributed by atoms with E-state index in [1.807, 2.05) is 0 Å². The van der Waals surface area contributed by atoms with Gasteiger partial charge in [0, 0.05) is 38.4 Å². The van der Waals surface area contributed by atoms with Crippen molar-refractivity contribution in [1.82, 2.24) is 10.2 Å². The van der Waals surface area contributed by atoms with Gasteiger partial charge in [-0.25, -0.2) is 0 Å². The molecule has 1 N–H and O–H groups in total. The van der Waals surface area contributed by atoms with Crippen LogP contribution in [0.3, 0.4) is 0 Å². The maximum atomic E-state index is 12.8. The van der Waals surface area contributed by atoms with Gasteiger partial charge in [-0.05, 0) is 50.0 Å². The lowest BCUT2D eigenvalue weighted by Gasteiger charge is -2.38. The average Bonchev–Trinajstić information content (AvgIpc) is 2.56. The van der Waals surface area contributed by atoms with E-state index in [0.717, 1.165) is 51.9 Å². The van der Waals surface area contributed by atoms with Crippen LogP contribution >= 0.6 is 12.4 Å². The maximum absolute atomic E-state index is 12.8. The van der Waals surface area contributed by atoms with Gasteiger partial charge in [-0.2, -0.15) is 13.2 Å². The van der Waals surface area contributed by atoms with Gasteiger partial charge in [0.15, 0.2) is 0 Å². The number of rotatable bonds is 3. The maximum Gasteiger partial charge on any atom is 0.416 e. The first-order chi connectivity index (χ1) is 11.0. The number of hydrogen-bond acceptors (Lipinski definition) is 3. The summed E-state index contributed by atoms with van der Waals surface area (Å²) in [4.78, 5) is 4.51. The number of piperidine rings is 1. The minimum Gasteiger partial charge on any atom is -0.369 e. The van der Waals surface area contributed by atoms with Crippen molar-refractivity contribution in [3.8, 4) is 0 Å². The Hall–Kier alpha value is -0.980. The molecule has 0 saturated carbocycles. The molecule has 3 rings (SSSR count). The molecule has 24 heavy (non-hydrogen) atoms. The third-order valence-corrected chi connectivity index (χ3v) is 4.83. The van der Waals surface area contributed by atoms with Crippen molar-refractivity contribution in [2.45, 2.75) is 19.0 Å². The fourth-order valence-corrected chi connectivity index (χ4v) is 3.51. The summed E-state index contributed by atoms with van der Waals surface area (Å²) in [6, 6.07) is 5.67. The van der Waals surface area contributed by atoms with E-state index in [1.165, 1.54) is 25.0 Å². The molecule has 0 spiro atoms. The Labute approximate surface area is 147 Å². The van der Waals surface area contributed by atoms with Crippen molar-refractivity contribution < 1.29 is 13.2 Å². The molecule has 0 aliphatic carbocycles. The van der Waals surface area contributed by atoms with Crippen LogP contribution in [0.2, 0.25) is 0 Å². The van der Waals surface area contributed by atoms with Crippen LogP contribution in [0.25, 0.3) is 0 Å². The molecule has 7 heteroatoms. The molecule has 2 fully saturated rings. The summed E-state index contributed by atoms with van der Waals surface area (Å²) in [6.07, 6.45) is -1.75. The summed E-state index contributed by atoms with van der Waals surface area (Å²) in [5, 5.41) is 3.44. The van der Waals surface area contributed by atoms with Gasteiger partial charge in [0.1, 0.15) is 0 Å². The molecule has 2 aliphatic rings. The van der Waals surface area contributed by atoms with Gasteiger partial charge in [-0.15, -0.1) is 12.4 Å². The molecular weight excluding hydrogens is 339 g/mol. The van der Waals surface area contributed by atoms with E-state index < -0.39 is 11.7 Å². The molecule has 2 heterocycles. The minimum absolute atomic E-state index is 0. The summed E-state index contributed by atoms with van der Waals surface area (Å²) in [7, 11) is 0. The molecule has 3 nitrogen and oxygen atoms in total. The Balaban J connectivity index is 0.00000208. The van der Waals surface area contributed by atoms with E-state index in [9.17, 15) is 13.2 Å². The summed E-state index contributed by atoms with van der Waals surface area (Å²) in [6.45, 7) is 6.75. The first kappa shape index (κ1) is 19.3. The molecule has 1 atom stereocenters. The monoisotopic (exact) mass is 363 g/mol. The number of hydrogen-bond donors (Lipinski definition) is 1. The second-order valence-electron chi connectivity index (χ2n) is 6.55. The predicted octanol–water partition coefficient (Wildman–Crippen LogP) is 3.25. The van der Waals surface area contributed by atoms with Crippen LogP contribution in [0, 0.1) is 5.92 Å². The minimum atomic E-state index is -4.27. The van der Waals surface area contributed by atoms with Crippen LogP contribution in [0.4, 0.5) is 18.9 Å². The molecule has 0 aromatic heterocycles. The van der Waals surface area contributed by atoms with E-state index in [4.69, 9.17) is 0 Å². The summed E-state index contributed by atoms with van der Waals surface area (Å²) in [5.74, 6) is 0.712. The van der Waals surface area contributed by atoms with Crippen molar-refractivity contribution in [3.05, 3.63) is 29.8 Å². The second-order valence-corrected chi connectivity index (χ2v) is 6.55. The standard InChI is InChI=1S/C17H24F3N3.ClH/c18-17(19,20)15-4-1-5-16(11-15)23-9-7-22(8-10-23)13-14-3-2-6-21-12-14;/h1,4-5,11,14,21H,2-3,6-10,12-13H2;1H. The number of nitrogens with zero attached hydrogens (tertiary/aromatic N) is 2. The average molecular weight is 364 g/mol. The lowest BCUT2D eigenvalue weighted by molar-refractivity contribution is -0.137. The molecule has 2 saturated heterocycles. The van der Waals surface area contributed by atoms with E-state index in [0.29, 0.717) is 11.6 Å². The Kier molecular flexibility index (Phi) is 6.78. The van der Waals surface area contributed by atoms with Gasteiger partial charge < -0.3 is 10.2 Å². The van der Waals surface area contributed by atoms with Gasteiger partial charge in [-0.1, -0.05) is 6.07 Å². The zero-order valence-corrected chi connectivity index (χ0v) is 14.5. The van der Waals surface area contributed by atoms with Crippen LogP contribution in [0.5, 0.6) is 0 Å². The van der Waals surface area contributed by atoms with Gasteiger partial charge in [0.05, 0.1) is 5.56 Å². The second kappa shape index (κ2) is 8.41. The third kappa shape index (κ3) is 5.01. The highest BCUT2D eigenvalue weighted by molar-refractivity contribution is 5.85. The van der Waals surface area contributed by atoms with Crippen molar-refractivity contribution >= 4 is 18.1 Å². The molecule has 1 aromatic rings. The van der Waals surface area contributed by atoms with E-state index in [-0.39, 0.29) is 12.4 Å². The topological polar surface area (TPSA) is 18.5 Å². The van der Waals surface area contributed by atoms with Gasteiger partial charge in [-0.3, -0.25) is 4.90 Å². The molecule has 0 amide bonds.